The maximum absolute atomic E-state index is 12.9. The Kier molecular flexibility index (Phi) is 6.41. The number of hydrogen-bond acceptors (Lipinski definition) is 4. The van der Waals surface area contributed by atoms with Gasteiger partial charge in [-0.2, -0.15) is 0 Å². The highest BCUT2D eigenvalue weighted by molar-refractivity contribution is 5.93. The Labute approximate surface area is 118 Å². The highest BCUT2D eigenvalue weighted by Gasteiger charge is 2.11. The summed E-state index contributed by atoms with van der Waals surface area (Å²) in [5, 5.41) is 2.68. The van der Waals surface area contributed by atoms with E-state index in [1.54, 1.807) is 7.11 Å². The molecule has 0 aromatic heterocycles. The predicted octanol–water partition coefficient (Wildman–Crippen LogP) is 1.70. The summed E-state index contributed by atoms with van der Waals surface area (Å²) in [6, 6.07) is 4.14. The number of halogens is 1. The minimum Gasteiger partial charge on any atom is -0.397 e. The van der Waals surface area contributed by atoms with E-state index in [0.717, 1.165) is 0 Å². The van der Waals surface area contributed by atoms with Gasteiger partial charge in [0.25, 0.3) is 0 Å². The number of nitrogens with one attached hydrogen (secondary N) is 1. The number of amides is 1. The average molecular weight is 283 g/mol. The number of likely N-dealkylation sites (N-methyl/N-ethyl adjacent to an activating group) is 1. The van der Waals surface area contributed by atoms with Crippen LogP contribution >= 0.6 is 0 Å². The number of nitrogens with two attached hydrogens (primary N) is 1. The first-order chi connectivity index (χ1) is 9.43. The van der Waals surface area contributed by atoms with Gasteiger partial charge in [0.2, 0.25) is 5.91 Å². The Morgan fingerprint density at radius 3 is 2.85 bits per heavy atom. The summed E-state index contributed by atoms with van der Waals surface area (Å²) in [5.74, 6) is -0.576. The molecule has 1 amide bonds. The highest BCUT2D eigenvalue weighted by atomic mass is 19.1. The molecule has 1 aromatic rings. The molecule has 1 unspecified atom stereocenters. The van der Waals surface area contributed by atoms with Crippen LogP contribution in [0.5, 0.6) is 0 Å². The number of methoxy groups -OCH3 is 1. The summed E-state index contributed by atoms with van der Waals surface area (Å²) >= 11 is 0. The molecule has 0 aliphatic rings. The summed E-state index contributed by atoms with van der Waals surface area (Å²) in [5.41, 5.74) is 6.29. The molecule has 3 N–H and O–H groups in total. The third kappa shape index (κ3) is 5.14. The van der Waals surface area contributed by atoms with Gasteiger partial charge in [-0.1, -0.05) is 0 Å². The Morgan fingerprint density at radius 1 is 1.55 bits per heavy atom. The van der Waals surface area contributed by atoms with E-state index in [2.05, 4.69) is 5.32 Å². The lowest BCUT2D eigenvalue weighted by Gasteiger charge is -2.23. The van der Waals surface area contributed by atoms with E-state index in [-0.39, 0.29) is 17.6 Å². The summed E-state index contributed by atoms with van der Waals surface area (Å²) < 4.78 is 17.9. The number of ether oxygens (including phenoxy) is 1. The maximum atomic E-state index is 12.9. The van der Waals surface area contributed by atoms with Crippen molar-refractivity contribution in [3.05, 3.63) is 24.0 Å². The Bertz CT molecular complexity index is 454. The highest BCUT2D eigenvalue weighted by Crippen LogP contribution is 2.19. The van der Waals surface area contributed by atoms with Crippen LogP contribution in [-0.4, -0.2) is 44.2 Å². The third-order valence-corrected chi connectivity index (χ3v) is 3.14. The quantitative estimate of drug-likeness (QED) is 0.747. The molecule has 1 aromatic carbocycles. The number of nitrogen functional groups attached to an aromatic ring is 1. The molecule has 0 bridgehead atoms. The van der Waals surface area contributed by atoms with Gasteiger partial charge in [-0.3, -0.25) is 4.79 Å². The smallest absolute Gasteiger partial charge is 0.225 e. The fourth-order valence-electron chi connectivity index (χ4n) is 1.73. The Balaban J connectivity index is 2.44. The number of carbonyl (C=O) groups excluding carboxylic acids is 1. The number of rotatable bonds is 7. The zero-order valence-electron chi connectivity index (χ0n) is 12.1. The van der Waals surface area contributed by atoms with Gasteiger partial charge in [-0.05, 0) is 32.2 Å². The van der Waals surface area contributed by atoms with Crippen molar-refractivity contribution in [2.45, 2.75) is 19.4 Å². The van der Waals surface area contributed by atoms with Crippen molar-refractivity contribution in [2.24, 2.45) is 0 Å². The van der Waals surface area contributed by atoms with E-state index in [0.29, 0.717) is 25.3 Å². The standard InChI is InChI=1S/C14H22FN3O2/c1-10(9-20-3)18(2)7-6-14(19)17-13-5-4-11(15)8-12(13)16/h4-5,8,10H,6-7,9,16H2,1-3H3,(H,17,19). The number of benzene rings is 1. The number of carbonyl (C=O) groups is 1. The number of nitrogens with zero attached hydrogens (tertiary/aromatic N) is 1. The molecule has 0 radical (unpaired) electrons. The van der Waals surface area contributed by atoms with Crippen LogP contribution in [0.1, 0.15) is 13.3 Å². The van der Waals surface area contributed by atoms with Gasteiger partial charge < -0.3 is 20.7 Å². The molecule has 0 aliphatic heterocycles. The third-order valence-electron chi connectivity index (χ3n) is 3.14. The van der Waals surface area contributed by atoms with Crippen molar-refractivity contribution >= 4 is 17.3 Å². The number of hydrogen-bond donors (Lipinski definition) is 2. The van der Waals surface area contributed by atoms with E-state index in [4.69, 9.17) is 10.5 Å². The van der Waals surface area contributed by atoms with E-state index in [9.17, 15) is 9.18 Å². The molecule has 20 heavy (non-hydrogen) atoms. The summed E-state index contributed by atoms with van der Waals surface area (Å²) in [4.78, 5) is 13.9. The van der Waals surface area contributed by atoms with Crippen LogP contribution in [-0.2, 0) is 9.53 Å². The van der Waals surface area contributed by atoms with Crippen molar-refractivity contribution in [3.8, 4) is 0 Å². The second-order valence-corrected chi connectivity index (χ2v) is 4.81. The van der Waals surface area contributed by atoms with Crippen molar-refractivity contribution in [3.63, 3.8) is 0 Å². The summed E-state index contributed by atoms with van der Waals surface area (Å²) in [6.45, 7) is 3.25. The first-order valence-corrected chi connectivity index (χ1v) is 6.48. The molecule has 0 aliphatic carbocycles. The second-order valence-electron chi connectivity index (χ2n) is 4.81. The van der Waals surface area contributed by atoms with Crippen LogP contribution in [0.3, 0.4) is 0 Å². The van der Waals surface area contributed by atoms with Crippen molar-refractivity contribution in [1.29, 1.82) is 0 Å². The van der Waals surface area contributed by atoms with Gasteiger partial charge in [0.05, 0.1) is 18.0 Å². The molecular formula is C14H22FN3O2. The minimum atomic E-state index is -0.423. The van der Waals surface area contributed by atoms with E-state index >= 15 is 0 Å². The number of anilines is 2. The van der Waals surface area contributed by atoms with Crippen molar-refractivity contribution in [1.82, 2.24) is 4.90 Å². The minimum absolute atomic E-state index is 0.153. The largest absolute Gasteiger partial charge is 0.397 e. The van der Waals surface area contributed by atoms with Gasteiger partial charge in [-0.15, -0.1) is 0 Å². The van der Waals surface area contributed by atoms with Crippen LogP contribution in [0.4, 0.5) is 15.8 Å². The lowest BCUT2D eigenvalue weighted by Crippen LogP contribution is -2.35. The fraction of sp³-hybridized carbons (Fsp3) is 0.500. The SMILES string of the molecule is COCC(C)N(C)CCC(=O)Nc1ccc(F)cc1N. The maximum Gasteiger partial charge on any atom is 0.225 e. The second kappa shape index (κ2) is 7.81. The van der Waals surface area contributed by atoms with Crippen LogP contribution in [0.25, 0.3) is 0 Å². The van der Waals surface area contributed by atoms with Crippen LogP contribution in [0.15, 0.2) is 18.2 Å². The van der Waals surface area contributed by atoms with Gasteiger partial charge in [0.1, 0.15) is 5.82 Å². The van der Waals surface area contributed by atoms with Gasteiger partial charge in [-0.25, -0.2) is 4.39 Å². The van der Waals surface area contributed by atoms with Gasteiger partial charge in [0, 0.05) is 26.1 Å². The van der Waals surface area contributed by atoms with E-state index < -0.39 is 5.82 Å². The molecular weight excluding hydrogens is 261 g/mol. The van der Waals surface area contributed by atoms with E-state index in [1.807, 2.05) is 18.9 Å². The van der Waals surface area contributed by atoms with Crippen LogP contribution in [0.2, 0.25) is 0 Å². The normalized spacial score (nSPS) is 12.4. The predicted molar refractivity (Wildman–Crippen MR) is 78.0 cm³/mol. The zero-order valence-corrected chi connectivity index (χ0v) is 12.1. The lowest BCUT2D eigenvalue weighted by molar-refractivity contribution is -0.116. The Hall–Kier alpha value is -1.66. The summed E-state index contributed by atoms with van der Waals surface area (Å²) in [6.07, 6.45) is 0.335. The van der Waals surface area contributed by atoms with Crippen molar-refractivity contribution < 1.29 is 13.9 Å². The molecule has 0 saturated carbocycles. The molecule has 112 valence electrons. The van der Waals surface area contributed by atoms with Gasteiger partial charge >= 0.3 is 0 Å². The van der Waals surface area contributed by atoms with Crippen molar-refractivity contribution in [2.75, 3.05) is 38.4 Å². The molecule has 0 spiro atoms. The molecule has 6 heteroatoms. The topological polar surface area (TPSA) is 67.6 Å². The Morgan fingerprint density at radius 2 is 2.25 bits per heavy atom. The van der Waals surface area contributed by atoms with Gasteiger partial charge in [0.15, 0.2) is 0 Å². The monoisotopic (exact) mass is 283 g/mol. The zero-order chi connectivity index (χ0) is 15.1. The first-order valence-electron chi connectivity index (χ1n) is 6.48. The van der Waals surface area contributed by atoms with E-state index in [1.165, 1.54) is 18.2 Å². The molecule has 0 saturated heterocycles. The lowest BCUT2D eigenvalue weighted by atomic mass is 10.2. The molecule has 0 heterocycles. The fourth-order valence-corrected chi connectivity index (χ4v) is 1.73. The molecule has 0 fully saturated rings. The first kappa shape index (κ1) is 16.4. The summed E-state index contributed by atoms with van der Waals surface area (Å²) in [7, 11) is 3.58. The molecule has 1 atom stereocenters. The molecule has 1 rings (SSSR count). The van der Waals surface area contributed by atoms with Crippen LogP contribution < -0.4 is 11.1 Å². The average Bonchev–Trinajstić information content (AvgIpc) is 2.39. The molecule has 5 nitrogen and oxygen atoms in total. The van der Waals surface area contributed by atoms with Crippen LogP contribution in [0, 0.1) is 5.82 Å².